The Hall–Kier alpha value is -1.57. The molecule has 1 atom stereocenters. The van der Waals surface area contributed by atoms with Gasteiger partial charge in [-0.25, -0.2) is 0 Å². The maximum absolute atomic E-state index is 12.4. The topological polar surface area (TPSA) is 75.4 Å². The van der Waals surface area contributed by atoms with E-state index in [1.807, 2.05) is 0 Å². The molecular formula is C10H13F3N2O3. The number of hydrogen-bond acceptors (Lipinski definition) is 4. The highest BCUT2D eigenvalue weighted by Crippen LogP contribution is 2.28. The SMILES string of the molecule is Cc1conc1C(=O)NC(C)(C)C(O)C(F)(F)F. The van der Waals surface area contributed by atoms with Gasteiger partial charge in [0.15, 0.2) is 11.8 Å². The number of amides is 1. The molecule has 1 heterocycles. The van der Waals surface area contributed by atoms with Gasteiger partial charge in [-0.05, 0) is 20.8 Å². The van der Waals surface area contributed by atoms with Gasteiger partial charge in [0, 0.05) is 5.56 Å². The number of aliphatic hydroxyl groups excluding tert-OH is 1. The lowest BCUT2D eigenvalue weighted by molar-refractivity contribution is -0.222. The molecule has 8 heteroatoms. The van der Waals surface area contributed by atoms with E-state index in [0.29, 0.717) is 5.56 Å². The normalized spacial score (nSPS) is 14.4. The standard InChI is InChI=1S/C10H13F3N2O3/c1-5-4-18-15-6(5)7(16)14-9(2,3)8(17)10(11,12)13/h4,8,17H,1-3H3,(H,14,16). The first kappa shape index (κ1) is 14.5. The number of nitrogens with one attached hydrogen (secondary N) is 1. The van der Waals surface area contributed by atoms with E-state index in [0.717, 1.165) is 13.8 Å². The van der Waals surface area contributed by atoms with E-state index in [-0.39, 0.29) is 5.69 Å². The number of nitrogens with zero attached hydrogens (tertiary/aromatic N) is 1. The van der Waals surface area contributed by atoms with Crippen molar-refractivity contribution in [2.45, 2.75) is 38.6 Å². The molecule has 0 aliphatic heterocycles. The fourth-order valence-corrected chi connectivity index (χ4v) is 1.34. The van der Waals surface area contributed by atoms with Crippen molar-refractivity contribution < 1.29 is 27.6 Å². The lowest BCUT2D eigenvalue weighted by Gasteiger charge is -2.32. The summed E-state index contributed by atoms with van der Waals surface area (Å²) in [7, 11) is 0. The molecule has 0 radical (unpaired) electrons. The van der Waals surface area contributed by atoms with Crippen molar-refractivity contribution >= 4 is 5.91 Å². The lowest BCUT2D eigenvalue weighted by Crippen LogP contribution is -2.57. The van der Waals surface area contributed by atoms with E-state index < -0.39 is 23.7 Å². The molecule has 0 fully saturated rings. The minimum absolute atomic E-state index is 0.113. The molecule has 1 aromatic heterocycles. The van der Waals surface area contributed by atoms with Crippen LogP contribution in [-0.2, 0) is 0 Å². The van der Waals surface area contributed by atoms with E-state index in [4.69, 9.17) is 5.11 Å². The van der Waals surface area contributed by atoms with Gasteiger partial charge in [0.25, 0.3) is 5.91 Å². The molecule has 1 amide bonds. The van der Waals surface area contributed by atoms with Crippen LogP contribution < -0.4 is 5.32 Å². The highest BCUT2D eigenvalue weighted by Gasteiger charge is 2.48. The molecule has 0 saturated carbocycles. The summed E-state index contributed by atoms with van der Waals surface area (Å²) in [4.78, 5) is 11.7. The minimum Gasteiger partial charge on any atom is -0.382 e. The highest BCUT2D eigenvalue weighted by atomic mass is 19.4. The third-order valence-corrected chi connectivity index (χ3v) is 2.39. The second kappa shape index (κ2) is 4.60. The van der Waals surface area contributed by atoms with Crippen LogP contribution in [0.2, 0.25) is 0 Å². The van der Waals surface area contributed by atoms with Crippen LogP contribution in [0.25, 0.3) is 0 Å². The van der Waals surface area contributed by atoms with E-state index in [9.17, 15) is 18.0 Å². The maximum Gasteiger partial charge on any atom is 0.416 e. The Kier molecular flexibility index (Phi) is 3.70. The summed E-state index contributed by atoms with van der Waals surface area (Å²) in [6.45, 7) is 3.66. The minimum atomic E-state index is -4.82. The lowest BCUT2D eigenvalue weighted by atomic mass is 9.96. The first-order chi connectivity index (χ1) is 8.05. The van der Waals surface area contributed by atoms with Crippen molar-refractivity contribution in [2.24, 2.45) is 0 Å². The summed E-state index contributed by atoms with van der Waals surface area (Å²) >= 11 is 0. The predicted octanol–water partition coefficient (Wildman–Crippen LogP) is 1.41. The monoisotopic (exact) mass is 266 g/mol. The van der Waals surface area contributed by atoms with Gasteiger partial charge < -0.3 is 14.9 Å². The van der Waals surface area contributed by atoms with Crippen molar-refractivity contribution in [3.05, 3.63) is 17.5 Å². The number of rotatable bonds is 3. The van der Waals surface area contributed by atoms with E-state index >= 15 is 0 Å². The van der Waals surface area contributed by atoms with Crippen LogP contribution in [0.15, 0.2) is 10.8 Å². The molecule has 0 aromatic carbocycles. The number of alkyl halides is 3. The Morgan fingerprint density at radius 2 is 2.06 bits per heavy atom. The van der Waals surface area contributed by atoms with Gasteiger partial charge >= 0.3 is 6.18 Å². The molecule has 1 unspecified atom stereocenters. The summed E-state index contributed by atoms with van der Waals surface area (Å²) in [5, 5.41) is 14.6. The molecule has 5 nitrogen and oxygen atoms in total. The number of aryl methyl sites for hydroxylation is 1. The number of carbonyl (C=O) groups is 1. The summed E-state index contributed by atoms with van der Waals surface area (Å²) in [6.07, 6.45) is -6.31. The van der Waals surface area contributed by atoms with Crippen LogP contribution in [-0.4, -0.2) is 34.0 Å². The van der Waals surface area contributed by atoms with Gasteiger partial charge in [0.05, 0.1) is 5.54 Å². The molecular weight excluding hydrogens is 253 g/mol. The average molecular weight is 266 g/mol. The quantitative estimate of drug-likeness (QED) is 0.867. The summed E-state index contributed by atoms with van der Waals surface area (Å²) in [5.41, 5.74) is -1.59. The molecule has 0 aliphatic carbocycles. The number of halogens is 3. The number of aliphatic hydroxyl groups is 1. The largest absolute Gasteiger partial charge is 0.416 e. The Labute approximate surface area is 101 Å². The zero-order chi connectivity index (χ0) is 14.1. The van der Waals surface area contributed by atoms with Crippen molar-refractivity contribution in [2.75, 3.05) is 0 Å². The first-order valence-corrected chi connectivity index (χ1v) is 5.04. The predicted molar refractivity (Wildman–Crippen MR) is 54.8 cm³/mol. The Bertz CT molecular complexity index is 440. The first-order valence-electron chi connectivity index (χ1n) is 5.04. The molecule has 18 heavy (non-hydrogen) atoms. The molecule has 0 saturated heterocycles. The molecule has 2 N–H and O–H groups in total. The molecule has 102 valence electrons. The summed E-state index contributed by atoms with van der Waals surface area (Å²) in [6, 6.07) is 0. The van der Waals surface area contributed by atoms with Crippen molar-refractivity contribution in [3.8, 4) is 0 Å². The third-order valence-electron chi connectivity index (χ3n) is 2.39. The molecule has 0 bridgehead atoms. The second-order valence-electron chi connectivity index (χ2n) is 4.47. The van der Waals surface area contributed by atoms with Gasteiger partial charge in [-0.15, -0.1) is 0 Å². The number of carbonyl (C=O) groups excluding carboxylic acids is 1. The van der Waals surface area contributed by atoms with Crippen LogP contribution in [0.4, 0.5) is 13.2 Å². The van der Waals surface area contributed by atoms with Crippen LogP contribution in [0.3, 0.4) is 0 Å². The van der Waals surface area contributed by atoms with Gasteiger partial charge in [-0.2, -0.15) is 13.2 Å². The van der Waals surface area contributed by atoms with E-state index in [1.165, 1.54) is 13.2 Å². The van der Waals surface area contributed by atoms with Gasteiger partial charge in [-0.1, -0.05) is 5.16 Å². The Balaban J connectivity index is 2.84. The number of hydrogen-bond donors (Lipinski definition) is 2. The third kappa shape index (κ3) is 3.00. The van der Waals surface area contributed by atoms with E-state index in [2.05, 4.69) is 15.0 Å². The van der Waals surface area contributed by atoms with Gasteiger partial charge in [-0.3, -0.25) is 4.79 Å². The highest BCUT2D eigenvalue weighted by molar-refractivity contribution is 5.93. The smallest absolute Gasteiger partial charge is 0.382 e. The number of aromatic nitrogens is 1. The van der Waals surface area contributed by atoms with Crippen LogP contribution in [0.1, 0.15) is 29.9 Å². The fraction of sp³-hybridized carbons (Fsp3) is 0.600. The molecule has 0 aliphatic rings. The maximum atomic E-state index is 12.4. The molecule has 1 rings (SSSR count). The van der Waals surface area contributed by atoms with Crippen molar-refractivity contribution in [1.82, 2.24) is 10.5 Å². The zero-order valence-corrected chi connectivity index (χ0v) is 10.00. The molecule has 1 aromatic rings. The average Bonchev–Trinajstić information content (AvgIpc) is 2.61. The summed E-state index contributed by atoms with van der Waals surface area (Å²) in [5.74, 6) is -0.838. The Morgan fingerprint density at radius 1 is 1.50 bits per heavy atom. The van der Waals surface area contributed by atoms with Crippen molar-refractivity contribution in [3.63, 3.8) is 0 Å². The van der Waals surface area contributed by atoms with Crippen molar-refractivity contribution in [1.29, 1.82) is 0 Å². The van der Waals surface area contributed by atoms with Crippen LogP contribution in [0, 0.1) is 6.92 Å². The van der Waals surface area contributed by atoms with Gasteiger partial charge in [0.1, 0.15) is 6.26 Å². The van der Waals surface area contributed by atoms with Gasteiger partial charge in [0.2, 0.25) is 0 Å². The van der Waals surface area contributed by atoms with E-state index in [1.54, 1.807) is 0 Å². The molecule has 0 spiro atoms. The second-order valence-corrected chi connectivity index (χ2v) is 4.47. The fourth-order valence-electron chi connectivity index (χ4n) is 1.34. The summed E-state index contributed by atoms with van der Waals surface area (Å²) < 4.78 is 41.7. The zero-order valence-electron chi connectivity index (χ0n) is 10.00. The van der Waals surface area contributed by atoms with Crippen LogP contribution in [0.5, 0.6) is 0 Å². The van der Waals surface area contributed by atoms with Crippen LogP contribution >= 0.6 is 0 Å². The Morgan fingerprint density at radius 3 is 2.44 bits per heavy atom.